The number of Topliss-reactive ketones (excluding diaryl/α,β-unsaturated/α-hetero) is 1. The van der Waals surface area contributed by atoms with Gasteiger partial charge in [0.15, 0.2) is 12.4 Å². The first kappa shape index (κ1) is 19.7. The lowest BCUT2D eigenvalue weighted by Gasteiger charge is -2.08. The van der Waals surface area contributed by atoms with E-state index in [9.17, 15) is 22.4 Å². The van der Waals surface area contributed by atoms with Crippen molar-refractivity contribution in [2.24, 2.45) is 0 Å². The van der Waals surface area contributed by atoms with E-state index in [1.807, 2.05) is 6.92 Å². The zero-order valence-corrected chi connectivity index (χ0v) is 14.9. The van der Waals surface area contributed by atoms with Crippen molar-refractivity contribution >= 4 is 21.8 Å². The molecule has 0 radical (unpaired) electrons. The Kier molecular flexibility index (Phi) is 6.59. The molecule has 0 bridgehead atoms. The normalized spacial score (nSPS) is 11.2. The van der Waals surface area contributed by atoms with Crippen molar-refractivity contribution in [2.75, 3.05) is 13.2 Å². The predicted molar refractivity (Wildman–Crippen MR) is 92.9 cm³/mol. The molecule has 26 heavy (non-hydrogen) atoms. The van der Waals surface area contributed by atoms with E-state index in [-0.39, 0.29) is 22.6 Å². The average molecular weight is 379 g/mol. The minimum Gasteiger partial charge on any atom is -0.454 e. The fourth-order valence-electron chi connectivity index (χ4n) is 2.04. The number of ketones is 1. The van der Waals surface area contributed by atoms with Crippen LogP contribution in [0.5, 0.6) is 0 Å². The van der Waals surface area contributed by atoms with Crippen LogP contribution in [0.1, 0.15) is 34.1 Å². The van der Waals surface area contributed by atoms with Gasteiger partial charge in [0.05, 0.1) is 10.5 Å². The van der Waals surface area contributed by atoms with E-state index in [4.69, 9.17) is 4.74 Å². The van der Waals surface area contributed by atoms with Gasteiger partial charge in [0, 0.05) is 12.1 Å². The molecular weight excluding hydrogens is 361 g/mol. The number of benzene rings is 2. The van der Waals surface area contributed by atoms with Crippen molar-refractivity contribution in [3.63, 3.8) is 0 Å². The first-order valence-corrected chi connectivity index (χ1v) is 9.37. The van der Waals surface area contributed by atoms with E-state index in [0.717, 1.165) is 12.1 Å². The number of sulfonamides is 1. The molecule has 0 aliphatic rings. The van der Waals surface area contributed by atoms with Crippen LogP contribution in [0.2, 0.25) is 0 Å². The fraction of sp³-hybridized carbons (Fsp3) is 0.222. The summed E-state index contributed by atoms with van der Waals surface area (Å²) in [4.78, 5) is 23.9. The van der Waals surface area contributed by atoms with Crippen LogP contribution in [0, 0.1) is 5.82 Å². The number of hydrogen-bond donors (Lipinski definition) is 1. The van der Waals surface area contributed by atoms with Gasteiger partial charge in [-0.1, -0.05) is 13.0 Å². The van der Waals surface area contributed by atoms with Crippen molar-refractivity contribution < 1.29 is 27.1 Å². The summed E-state index contributed by atoms with van der Waals surface area (Å²) in [7, 11) is -3.72. The summed E-state index contributed by atoms with van der Waals surface area (Å²) in [6, 6.07) is 10.2. The maximum absolute atomic E-state index is 12.8. The number of hydrogen-bond acceptors (Lipinski definition) is 5. The summed E-state index contributed by atoms with van der Waals surface area (Å²) in [5.74, 6) is -1.80. The molecule has 1 N–H and O–H groups in total. The second kappa shape index (κ2) is 8.68. The van der Waals surface area contributed by atoms with E-state index in [2.05, 4.69) is 4.72 Å². The van der Waals surface area contributed by atoms with Crippen LogP contribution in [-0.4, -0.2) is 33.3 Å². The number of carbonyl (C=O) groups is 2. The molecule has 2 aromatic rings. The van der Waals surface area contributed by atoms with Gasteiger partial charge < -0.3 is 4.74 Å². The summed E-state index contributed by atoms with van der Waals surface area (Å²) in [6.45, 7) is 1.58. The minimum atomic E-state index is -3.72. The van der Waals surface area contributed by atoms with Crippen molar-refractivity contribution in [1.29, 1.82) is 0 Å². The highest BCUT2D eigenvalue weighted by Gasteiger charge is 2.17. The van der Waals surface area contributed by atoms with Crippen molar-refractivity contribution in [3.8, 4) is 0 Å². The Balaban J connectivity index is 2.04. The highest BCUT2D eigenvalue weighted by atomic mass is 32.2. The molecule has 0 heterocycles. The molecule has 0 saturated carbocycles. The Morgan fingerprint density at radius 1 is 1.08 bits per heavy atom. The molecule has 2 aromatic carbocycles. The van der Waals surface area contributed by atoms with Gasteiger partial charge in [0.1, 0.15) is 5.82 Å². The first-order chi connectivity index (χ1) is 12.3. The van der Waals surface area contributed by atoms with Gasteiger partial charge in [0.25, 0.3) is 0 Å². The van der Waals surface area contributed by atoms with E-state index in [1.165, 1.54) is 36.4 Å². The summed E-state index contributed by atoms with van der Waals surface area (Å²) < 4.78 is 44.4. The molecule has 0 fully saturated rings. The average Bonchev–Trinajstić information content (AvgIpc) is 2.65. The Hall–Kier alpha value is -2.58. The van der Waals surface area contributed by atoms with Crippen LogP contribution in [0.3, 0.4) is 0 Å². The second-order valence-corrected chi connectivity index (χ2v) is 7.20. The molecule has 6 nitrogen and oxygen atoms in total. The molecule has 0 unspecified atom stereocenters. The molecule has 138 valence electrons. The van der Waals surface area contributed by atoms with Crippen molar-refractivity contribution in [1.82, 2.24) is 4.72 Å². The molecular formula is C18H18FNO5S. The third kappa shape index (κ3) is 5.21. The van der Waals surface area contributed by atoms with E-state index in [0.29, 0.717) is 6.42 Å². The summed E-state index contributed by atoms with van der Waals surface area (Å²) in [6.07, 6.45) is 0.631. The fourth-order valence-corrected chi connectivity index (χ4v) is 3.22. The Bertz CT molecular complexity index is 894. The summed E-state index contributed by atoms with van der Waals surface area (Å²) in [5, 5.41) is 0. The molecule has 0 aliphatic heterocycles. The predicted octanol–water partition coefficient (Wildman–Crippen LogP) is 2.55. The van der Waals surface area contributed by atoms with Gasteiger partial charge in [-0.3, -0.25) is 4.79 Å². The van der Waals surface area contributed by atoms with Gasteiger partial charge in [-0.05, 0) is 48.9 Å². The Morgan fingerprint density at radius 2 is 1.77 bits per heavy atom. The number of halogens is 1. The zero-order valence-electron chi connectivity index (χ0n) is 14.1. The molecule has 0 amide bonds. The molecule has 2 rings (SSSR count). The highest BCUT2D eigenvalue weighted by molar-refractivity contribution is 7.89. The maximum Gasteiger partial charge on any atom is 0.338 e. The number of rotatable bonds is 8. The number of ether oxygens (including phenoxy) is 1. The van der Waals surface area contributed by atoms with Gasteiger partial charge in [0.2, 0.25) is 10.0 Å². The van der Waals surface area contributed by atoms with E-state index in [1.54, 1.807) is 0 Å². The van der Waals surface area contributed by atoms with E-state index < -0.39 is 34.2 Å². The quantitative estimate of drug-likeness (QED) is 0.562. The zero-order chi connectivity index (χ0) is 19.2. The van der Waals surface area contributed by atoms with Crippen LogP contribution in [-0.2, 0) is 14.8 Å². The van der Waals surface area contributed by atoms with E-state index >= 15 is 0 Å². The maximum atomic E-state index is 12.8. The van der Waals surface area contributed by atoms with Gasteiger partial charge >= 0.3 is 5.97 Å². The van der Waals surface area contributed by atoms with Crippen LogP contribution < -0.4 is 4.72 Å². The molecule has 0 aromatic heterocycles. The molecule has 0 saturated heterocycles. The third-order valence-electron chi connectivity index (χ3n) is 3.42. The van der Waals surface area contributed by atoms with Crippen molar-refractivity contribution in [2.45, 2.75) is 18.2 Å². The smallest absolute Gasteiger partial charge is 0.338 e. The lowest BCUT2D eigenvalue weighted by atomic mass is 10.1. The van der Waals surface area contributed by atoms with Crippen molar-refractivity contribution in [3.05, 3.63) is 65.5 Å². The second-order valence-electron chi connectivity index (χ2n) is 5.43. The Labute approximate surface area is 151 Å². The van der Waals surface area contributed by atoms with Crippen LogP contribution >= 0.6 is 0 Å². The molecule has 0 spiro atoms. The lowest BCUT2D eigenvalue weighted by molar-refractivity contribution is 0.0474. The van der Waals surface area contributed by atoms with Crippen LogP contribution in [0.15, 0.2) is 53.4 Å². The SMILES string of the molecule is CCCNS(=O)(=O)c1cccc(C(=O)OCC(=O)c2ccc(F)cc2)c1. The largest absolute Gasteiger partial charge is 0.454 e. The standard InChI is InChI=1S/C18H18FNO5S/c1-2-10-20-26(23,24)16-5-3-4-14(11-16)18(22)25-12-17(21)13-6-8-15(19)9-7-13/h3-9,11,20H,2,10,12H2,1H3. The van der Waals surface area contributed by atoms with Gasteiger partial charge in [-0.25, -0.2) is 22.3 Å². The van der Waals surface area contributed by atoms with Gasteiger partial charge in [-0.2, -0.15) is 0 Å². The highest BCUT2D eigenvalue weighted by Crippen LogP contribution is 2.13. The molecule has 8 heteroatoms. The summed E-state index contributed by atoms with van der Waals surface area (Å²) >= 11 is 0. The Morgan fingerprint density at radius 3 is 2.42 bits per heavy atom. The minimum absolute atomic E-state index is 0.0104. The lowest BCUT2D eigenvalue weighted by Crippen LogP contribution is -2.24. The number of carbonyl (C=O) groups excluding carboxylic acids is 2. The van der Waals surface area contributed by atoms with Crippen LogP contribution in [0.25, 0.3) is 0 Å². The topological polar surface area (TPSA) is 89.5 Å². The summed E-state index contributed by atoms with van der Waals surface area (Å²) in [5.41, 5.74) is 0.218. The van der Waals surface area contributed by atoms with Crippen LogP contribution in [0.4, 0.5) is 4.39 Å². The monoisotopic (exact) mass is 379 g/mol. The first-order valence-electron chi connectivity index (χ1n) is 7.89. The third-order valence-corrected chi connectivity index (χ3v) is 4.88. The number of nitrogens with one attached hydrogen (secondary N) is 1. The molecule has 0 aliphatic carbocycles. The number of esters is 1. The molecule has 0 atom stereocenters. The van der Waals surface area contributed by atoms with Gasteiger partial charge in [-0.15, -0.1) is 0 Å².